The second kappa shape index (κ2) is 8.46. The van der Waals surface area contributed by atoms with E-state index in [2.05, 4.69) is 5.32 Å². The summed E-state index contributed by atoms with van der Waals surface area (Å²) in [6.45, 7) is 0.375. The van der Waals surface area contributed by atoms with E-state index in [0.29, 0.717) is 12.2 Å². The fourth-order valence-corrected chi connectivity index (χ4v) is 4.12. The van der Waals surface area contributed by atoms with E-state index < -0.39 is 10.0 Å². The fourth-order valence-electron chi connectivity index (χ4n) is 2.65. The normalized spacial score (nSPS) is 11.1. The first-order chi connectivity index (χ1) is 13.4. The highest BCUT2D eigenvalue weighted by molar-refractivity contribution is 7.92. The summed E-state index contributed by atoms with van der Waals surface area (Å²) in [5, 5.41) is 2.98. The van der Waals surface area contributed by atoms with Crippen LogP contribution in [-0.2, 0) is 16.6 Å². The number of carbonyl (C=O) groups is 1. The molecular formula is C21H19ClN2O3S. The summed E-state index contributed by atoms with van der Waals surface area (Å²) in [4.78, 5) is 12.6. The molecule has 0 atom stereocenters. The average Bonchev–Trinajstić information content (AvgIpc) is 2.72. The molecular weight excluding hydrogens is 396 g/mol. The van der Waals surface area contributed by atoms with Crippen molar-refractivity contribution >= 4 is 33.2 Å². The van der Waals surface area contributed by atoms with E-state index in [0.717, 1.165) is 9.87 Å². The molecule has 3 aromatic rings. The van der Waals surface area contributed by atoms with Crippen LogP contribution in [0.1, 0.15) is 15.9 Å². The first-order valence-electron chi connectivity index (χ1n) is 8.55. The van der Waals surface area contributed by atoms with Gasteiger partial charge in [-0.3, -0.25) is 9.10 Å². The van der Waals surface area contributed by atoms with Crippen LogP contribution in [0.3, 0.4) is 0 Å². The molecule has 0 aromatic heterocycles. The molecule has 0 aliphatic carbocycles. The van der Waals surface area contributed by atoms with Gasteiger partial charge in [-0.05, 0) is 35.9 Å². The summed E-state index contributed by atoms with van der Waals surface area (Å²) < 4.78 is 26.6. The van der Waals surface area contributed by atoms with Crippen molar-refractivity contribution in [2.75, 3.05) is 11.4 Å². The number of nitrogens with zero attached hydrogens (tertiary/aromatic N) is 1. The molecule has 1 N–H and O–H groups in total. The maximum Gasteiger partial charge on any atom is 0.264 e. The molecule has 3 rings (SSSR count). The van der Waals surface area contributed by atoms with E-state index in [1.807, 2.05) is 30.3 Å². The van der Waals surface area contributed by atoms with E-state index in [-0.39, 0.29) is 21.4 Å². The smallest absolute Gasteiger partial charge is 0.264 e. The Morgan fingerprint density at radius 1 is 0.964 bits per heavy atom. The minimum Gasteiger partial charge on any atom is -0.348 e. The quantitative estimate of drug-likeness (QED) is 0.660. The minimum absolute atomic E-state index is 0.179. The van der Waals surface area contributed by atoms with Crippen molar-refractivity contribution in [3.63, 3.8) is 0 Å². The second-order valence-electron chi connectivity index (χ2n) is 6.12. The molecule has 0 heterocycles. The van der Waals surface area contributed by atoms with Crippen LogP contribution in [0.5, 0.6) is 0 Å². The summed E-state index contributed by atoms with van der Waals surface area (Å²) >= 11 is 6.26. The first-order valence-corrected chi connectivity index (χ1v) is 10.4. The Morgan fingerprint density at radius 3 is 2.18 bits per heavy atom. The van der Waals surface area contributed by atoms with Gasteiger partial charge in [-0.2, -0.15) is 0 Å². The predicted molar refractivity (Wildman–Crippen MR) is 111 cm³/mol. The average molecular weight is 415 g/mol. The molecule has 0 saturated carbocycles. The Hall–Kier alpha value is -2.83. The predicted octanol–water partition coefficient (Wildman–Crippen LogP) is 4.10. The first kappa shape index (κ1) is 19.9. The molecule has 0 spiro atoms. The number of halogens is 1. The number of carbonyl (C=O) groups excluding carboxylic acids is 1. The Balaban J connectivity index is 1.77. The molecule has 0 fully saturated rings. The van der Waals surface area contributed by atoms with Gasteiger partial charge in [0.15, 0.2) is 0 Å². The number of hydrogen-bond donors (Lipinski definition) is 1. The van der Waals surface area contributed by atoms with Gasteiger partial charge in [-0.25, -0.2) is 8.42 Å². The molecule has 5 nitrogen and oxygen atoms in total. The SMILES string of the molecule is CN(c1ccc(C(=O)NCc2ccccc2)c(Cl)c1)S(=O)(=O)c1ccccc1. The Bertz CT molecular complexity index is 1070. The molecule has 0 bridgehead atoms. The lowest BCUT2D eigenvalue weighted by molar-refractivity contribution is 0.0951. The minimum atomic E-state index is -3.71. The highest BCUT2D eigenvalue weighted by Gasteiger charge is 2.22. The van der Waals surface area contributed by atoms with Crippen LogP contribution in [0.4, 0.5) is 5.69 Å². The van der Waals surface area contributed by atoms with Crippen LogP contribution in [0.2, 0.25) is 5.02 Å². The summed E-state index contributed by atoms with van der Waals surface area (Å²) in [5.74, 6) is -0.325. The Kier molecular flexibility index (Phi) is 6.02. The topological polar surface area (TPSA) is 66.5 Å². The number of sulfonamides is 1. The van der Waals surface area contributed by atoms with E-state index >= 15 is 0 Å². The maximum absolute atomic E-state index is 12.7. The number of anilines is 1. The zero-order valence-electron chi connectivity index (χ0n) is 15.2. The number of amides is 1. The van der Waals surface area contributed by atoms with Crippen LogP contribution in [-0.4, -0.2) is 21.4 Å². The summed E-state index contributed by atoms with van der Waals surface area (Å²) in [6, 6.07) is 22.2. The van der Waals surface area contributed by atoms with Gasteiger partial charge in [-0.15, -0.1) is 0 Å². The van der Waals surface area contributed by atoms with Crippen LogP contribution in [0.25, 0.3) is 0 Å². The number of hydrogen-bond acceptors (Lipinski definition) is 3. The van der Waals surface area contributed by atoms with Crippen LogP contribution in [0.15, 0.2) is 83.8 Å². The van der Waals surface area contributed by atoms with E-state index in [1.54, 1.807) is 24.3 Å². The molecule has 0 unspecified atom stereocenters. The molecule has 3 aromatic carbocycles. The van der Waals surface area contributed by atoms with E-state index in [4.69, 9.17) is 11.6 Å². The summed E-state index contributed by atoms with van der Waals surface area (Å²) in [7, 11) is -2.27. The van der Waals surface area contributed by atoms with Crippen molar-refractivity contribution in [3.8, 4) is 0 Å². The maximum atomic E-state index is 12.7. The highest BCUT2D eigenvalue weighted by atomic mass is 35.5. The third-order valence-corrected chi connectivity index (χ3v) is 6.37. The second-order valence-corrected chi connectivity index (χ2v) is 8.49. The van der Waals surface area contributed by atoms with Gasteiger partial charge in [0.2, 0.25) is 0 Å². The van der Waals surface area contributed by atoms with Crippen molar-refractivity contribution in [2.45, 2.75) is 11.4 Å². The van der Waals surface area contributed by atoms with Gasteiger partial charge in [0.1, 0.15) is 0 Å². The van der Waals surface area contributed by atoms with Crippen LogP contribution >= 0.6 is 11.6 Å². The fraction of sp³-hybridized carbons (Fsp3) is 0.0952. The third kappa shape index (κ3) is 4.35. The lowest BCUT2D eigenvalue weighted by Gasteiger charge is -2.20. The van der Waals surface area contributed by atoms with Crippen molar-refractivity contribution < 1.29 is 13.2 Å². The Morgan fingerprint density at radius 2 is 1.57 bits per heavy atom. The largest absolute Gasteiger partial charge is 0.348 e. The molecule has 0 radical (unpaired) electrons. The van der Waals surface area contributed by atoms with Gasteiger partial charge in [-0.1, -0.05) is 60.1 Å². The highest BCUT2D eigenvalue weighted by Crippen LogP contribution is 2.27. The zero-order chi connectivity index (χ0) is 20.1. The lowest BCUT2D eigenvalue weighted by atomic mass is 10.1. The zero-order valence-corrected chi connectivity index (χ0v) is 16.7. The molecule has 1 amide bonds. The van der Waals surface area contributed by atoms with Gasteiger partial charge in [0, 0.05) is 13.6 Å². The van der Waals surface area contributed by atoms with Crippen molar-refractivity contribution in [2.24, 2.45) is 0 Å². The number of nitrogens with one attached hydrogen (secondary N) is 1. The summed E-state index contributed by atoms with van der Waals surface area (Å²) in [6.07, 6.45) is 0. The van der Waals surface area contributed by atoms with Gasteiger partial charge < -0.3 is 5.32 Å². The summed E-state index contributed by atoms with van der Waals surface area (Å²) in [5.41, 5.74) is 1.62. The lowest BCUT2D eigenvalue weighted by Crippen LogP contribution is -2.27. The molecule has 0 aliphatic heterocycles. The number of rotatable bonds is 6. The molecule has 144 valence electrons. The molecule has 7 heteroatoms. The van der Waals surface area contributed by atoms with Crippen LogP contribution in [0, 0.1) is 0 Å². The molecule has 0 aliphatic rings. The Labute approximate surface area is 169 Å². The van der Waals surface area contributed by atoms with Gasteiger partial charge >= 0.3 is 0 Å². The standard InChI is InChI=1S/C21H19ClN2O3S/c1-24(28(26,27)18-10-6-3-7-11-18)17-12-13-19(20(22)14-17)21(25)23-15-16-8-4-2-5-9-16/h2-14H,15H2,1H3,(H,23,25). The molecule has 0 saturated heterocycles. The monoisotopic (exact) mass is 414 g/mol. The van der Waals surface area contributed by atoms with E-state index in [1.165, 1.54) is 31.3 Å². The van der Waals surface area contributed by atoms with Crippen LogP contribution < -0.4 is 9.62 Å². The van der Waals surface area contributed by atoms with Crippen molar-refractivity contribution in [3.05, 3.63) is 95.0 Å². The molecule has 28 heavy (non-hydrogen) atoms. The van der Waals surface area contributed by atoms with Crippen molar-refractivity contribution in [1.29, 1.82) is 0 Å². The van der Waals surface area contributed by atoms with E-state index in [9.17, 15) is 13.2 Å². The van der Waals surface area contributed by atoms with Gasteiger partial charge in [0.05, 0.1) is 21.2 Å². The van der Waals surface area contributed by atoms with Crippen molar-refractivity contribution in [1.82, 2.24) is 5.32 Å². The third-order valence-electron chi connectivity index (χ3n) is 4.26. The van der Waals surface area contributed by atoms with Gasteiger partial charge in [0.25, 0.3) is 15.9 Å². The number of benzene rings is 3.